The Morgan fingerprint density at radius 1 is 1.03 bits per heavy atom. The minimum Gasteiger partial charge on any atom is -0.373 e. The first kappa shape index (κ1) is 22.9. The molecule has 1 aromatic carbocycles. The summed E-state index contributed by atoms with van der Waals surface area (Å²) in [6.07, 6.45) is -6.54. The third-order valence-electron chi connectivity index (χ3n) is 4.80. The summed E-state index contributed by atoms with van der Waals surface area (Å²) in [6.45, 7) is 1.58. The van der Waals surface area contributed by atoms with Crippen LogP contribution >= 0.6 is 0 Å². The molecule has 0 saturated heterocycles. The molecule has 0 amide bonds. The van der Waals surface area contributed by atoms with Gasteiger partial charge in [0.2, 0.25) is 0 Å². The molecule has 0 spiro atoms. The summed E-state index contributed by atoms with van der Waals surface area (Å²) in [4.78, 5) is 8.22. The van der Waals surface area contributed by atoms with E-state index in [1.165, 1.54) is 29.3 Å². The van der Waals surface area contributed by atoms with Gasteiger partial charge in [-0.3, -0.25) is 0 Å². The van der Waals surface area contributed by atoms with E-state index < -0.39 is 40.4 Å². The van der Waals surface area contributed by atoms with Crippen molar-refractivity contribution in [1.29, 1.82) is 5.26 Å². The Kier molecular flexibility index (Phi) is 5.56. The molecule has 0 saturated carbocycles. The number of aromatic nitrogens is 6. The first-order chi connectivity index (χ1) is 16.0. The number of nitrogens with zero attached hydrogens (tertiary/aromatic N) is 7. The molecular formula is C20H12F6N8. The molecule has 34 heavy (non-hydrogen) atoms. The number of nitriles is 1. The summed E-state index contributed by atoms with van der Waals surface area (Å²) < 4.78 is 81.8. The fourth-order valence-corrected chi connectivity index (χ4v) is 3.25. The van der Waals surface area contributed by atoms with Crippen molar-refractivity contribution < 1.29 is 26.3 Å². The largest absolute Gasteiger partial charge is 0.418 e. The summed E-state index contributed by atoms with van der Waals surface area (Å²) in [6, 6.07) is 4.78. The molecule has 4 aromatic rings. The highest BCUT2D eigenvalue weighted by Crippen LogP contribution is 2.41. The number of halogens is 6. The minimum atomic E-state index is -5.08. The molecule has 0 unspecified atom stereocenters. The van der Waals surface area contributed by atoms with E-state index in [2.05, 4.69) is 30.6 Å². The number of benzene rings is 1. The van der Waals surface area contributed by atoms with Gasteiger partial charge in [-0.05, 0) is 31.2 Å². The molecule has 0 fully saturated rings. The summed E-state index contributed by atoms with van der Waals surface area (Å²) >= 11 is 0. The topological polar surface area (TPSA) is 105 Å². The second-order valence-electron chi connectivity index (χ2n) is 7.09. The van der Waals surface area contributed by atoms with Crippen LogP contribution in [-0.2, 0) is 12.4 Å². The molecule has 0 aliphatic heterocycles. The maximum Gasteiger partial charge on any atom is 0.418 e. The normalized spacial score (nSPS) is 13.0. The average Bonchev–Trinajstić information content (AvgIpc) is 3.27. The van der Waals surface area contributed by atoms with E-state index in [1.807, 2.05) is 6.07 Å². The van der Waals surface area contributed by atoms with E-state index in [4.69, 9.17) is 5.26 Å². The highest BCUT2D eigenvalue weighted by molar-refractivity contribution is 5.93. The van der Waals surface area contributed by atoms with Gasteiger partial charge in [0.05, 0.1) is 34.6 Å². The standard InChI is InChI=1S/C20H12F6N8/c1-10(18-29-9-31-34(18)16-3-2-11(6-27)7-28-16)32-15-8-30-33-17-13(15)4-12(19(21,22)23)5-14(17)20(24,25)26/h2-5,7-10H,1H3,(H,32,33)/t10-/m1/s1. The molecule has 3 aromatic heterocycles. The molecule has 14 heteroatoms. The maximum atomic E-state index is 13.5. The number of nitrogens with one attached hydrogen (secondary N) is 1. The van der Waals surface area contributed by atoms with E-state index in [0.29, 0.717) is 17.4 Å². The number of anilines is 1. The second-order valence-corrected chi connectivity index (χ2v) is 7.09. The molecule has 3 heterocycles. The molecule has 174 valence electrons. The maximum absolute atomic E-state index is 13.5. The number of alkyl halides is 6. The molecule has 0 aliphatic rings. The van der Waals surface area contributed by atoms with Gasteiger partial charge in [-0.25, -0.2) is 9.97 Å². The Bertz CT molecular complexity index is 1390. The molecule has 0 aliphatic carbocycles. The zero-order valence-electron chi connectivity index (χ0n) is 17.0. The van der Waals surface area contributed by atoms with Crippen molar-refractivity contribution in [3.63, 3.8) is 0 Å². The number of fused-ring (bicyclic) bond motifs is 1. The Hall–Kier alpha value is -4.28. The molecular weight excluding hydrogens is 466 g/mol. The van der Waals surface area contributed by atoms with E-state index >= 15 is 0 Å². The van der Waals surface area contributed by atoms with Crippen molar-refractivity contribution in [2.45, 2.75) is 25.3 Å². The highest BCUT2D eigenvalue weighted by Gasteiger charge is 2.39. The van der Waals surface area contributed by atoms with Gasteiger partial charge in [0, 0.05) is 11.6 Å². The number of hydrogen-bond donors (Lipinski definition) is 1. The first-order valence-electron chi connectivity index (χ1n) is 9.46. The van der Waals surface area contributed by atoms with Crippen molar-refractivity contribution in [2.75, 3.05) is 5.32 Å². The second kappa shape index (κ2) is 8.25. The monoisotopic (exact) mass is 478 g/mol. The third-order valence-corrected chi connectivity index (χ3v) is 4.80. The summed E-state index contributed by atoms with van der Waals surface area (Å²) in [5.41, 5.74) is -3.55. The van der Waals surface area contributed by atoms with E-state index in [9.17, 15) is 26.3 Å². The van der Waals surface area contributed by atoms with Gasteiger partial charge in [-0.2, -0.15) is 46.5 Å². The van der Waals surface area contributed by atoms with Gasteiger partial charge in [0.25, 0.3) is 0 Å². The third kappa shape index (κ3) is 4.32. The molecule has 1 atom stereocenters. The predicted octanol–water partition coefficient (Wildman–Crippen LogP) is 4.69. The zero-order chi connectivity index (χ0) is 24.7. The lowest BCUT2D eigenvalue weighted by Gasteiger charge is -2.19. The Morgan fingerprint density at radius 2 is 1.79 bits per heavy atom. The average molecular weight is 478 g/mol. The van der Waals surface area contributed by atoms with Crippen LogP contribution in [0.3, 0.4) is 0 Å². The smallest absolute Gasteiger partial charge is 0.373 e. The van der Waals surface area contributed by atoms with Gasteiger partial charge in [-0.15, -0.1) is 5.10 Å². The molecule has 8 nitrogen and oxygen atoms in total. The number of pyridine rings is 1. The minimum absolute atomic E-state index is 0.0113. The fraction of sp³-hybridized carbons (Fsp3) is 0.200. The lowest BCUT2D eigenvalue weighted by Crippen LogP contribution is -2.16. The van der Waals surface area contributed by atoms with Crippen LogP contribution in [0.1, 0.15) is 35.5 Å². The van der Waals surface area contributed by atoms with Crippen LogP contribution in [0.2, 0.25) is 0 Å². The summed E-state index contributed by atoms with van der Waals surface area (Å²) in [5, 5.41) is 22.4. The lowest BCUT2D eigenvalue weighted by molar-refractivity contribution is -0.142. The first-order valence-corrected chi connectivity index (χ1v) is 9.46. The van der Waals surface area contributed by atoms with Gasteiger partial charge in [0.15, 0.2) is 11.6 Å². The van der Waals surface area contributed by atoms with Crippen molar-refractivity contribution in [3.8, 4) is 11.9 Å². The van der Waals surface area contributed by atoms with E-state index in [0.717, 1.165) is 6.20 Å². The van der Waals surface area contributed by atoms with Gasteiger partial charge in [-0.1, -0.05) is 0 Å². The van der Waals surface area contributed by atoms with E-state index in [-0.39, 0.29) is 17.6 Å². The van der Waals surface area contributed by atoms with E-state index in [1.54, 1.807) is 6.92 Å². The van der Waals surface area contributed by atoms with Crippen LogP contribution in [-0.4, -0.2) is 29.9 Å². The Labute approximate surface area is 186 Å². The van der Waals surface area contributed by atoms with Crippen molar-refractivity contribution in [2.24, 2.45) is 0 Å². The zero-order valence-corrected chi connectivity index (χ0v) is 17.0. The molecule has 0 bridgehead atoms. The van der Waals surface area contributed by atoms with Crippen molar-refractivity contribution in [1.82, 2.24) is 29.9 Å². The number of hydrogen-bond acceptors (Lipinski definition) is 7. The molecule has 4 rings (SSSR count). The Balaban J connectivity index is 1.77. The van der Waals surface area contributed by atoms with Crippen LogP contribution in [0.25, 0.3) is 16.7 Å². The van der Waals surface area contributed by atoms with Crippen molar-refractivity contribution >= 4 is 16.6 Å². The molecule has 0 radical (unpaired) electrons. The lowest BCUT2D eigenvalue weighted by atomic mass is 10.0. The molecule has 1 N–H and O–H groups in total. The summed E-state index contributed by atoms with van der Waals surface area (Å²) in [5.74, 6) is 0.557. The number of rotatable bonds is 4. The fourth-order valence-electron chi connectivity index (χ4n) is 3.25. The van der Waals surface area contributed by atoms with Gasteiger partial charge < -0.3 is 5.32 Å². The quantitative estimate of drug-likeness (QED) is 0.425. The van der Waals surface area contributed by atoms with Crippen LogP contribution in [0, 0.1) is 11.3 Å². The van der Waals surface area contributed by atoms with Crippen LogP contribution in [0.5, 0.6) is 0 Å². The van der Waals surface area contributed by atoms with Crippen LogP contribution in [0.4, 0.5) is 32.0 Å². The highest BCUT2D eigenvalue weighted by atomic mass is 19.4. The van der Waals surface area contributed by atoms with Crippen LogP contribution in [0.15, 0.2) is 43.0 Å². The predicted molar refractivity (Wildman–Crippen MR) is 105 cm³/mol. The van der Waals surface area contributed by atoms with Gasteiger partial charge in [0.1, 0.15) is 17.9 Å². The summed E-state index contributed by atoms with van der Waals surface area (Å²) in [7, 11) is 0. The van der Waals surface area contributed by atoms with Crippen LogP contribution < -0.4 is 5.32 Å². The van der Waals surface area contributed by atoms with Crippen molar-refractivity contribution in [3.05, 3.63) is 65.5 Å². The van der Waals surface area contributed by atoms with Gasteiger partial charge >= 0.3 is 12.4 Å². The SMILES string of the molecule is C[C@@H](Nc1cnnc2c(C(F)(F)F)cc(C(F)(F)F)cc12)c1ncnn1-c1ccc(C#N)cn1. The Morgan fingerprint density at radius 3 is 2.41 bits per heavy atom.